The summed E-state index contributed by atoms with van der Waals surface area (Å²) in [6.45, 7) is 0.794. The summed E-state index contributed by atoms with van der Waals surface area (Å²) in [4.78, 5) is 0. The van der Waals surface area contributed by atoms with Gasteiger partial charge in [0.15, 0.2) is 0 Å². The second kappa shape index (κ2) is 4.20. The van der Waals surface area contributed by atoms with Gasteiger partial charge in [-0.05, 0) is 43.4 Å². The van der Waals surface area contributed by atoms with Crippen LogP contribution in [0.25, 0.3) is 0 Å². The molecule has 0 saturated carbocycles. The van der Waals surface area contributed by atoms with Crippen molar-refractivity contribution in [3.63, 3.8) is 0 Å². The quantitative estimate of drug-likeness (QED) is 0.797. The fraction of sp³-hybridized carbons (Fsp3) is 0.385. The van der Waals surface area contributed by atoms with E-state index in [9.17, 15) is 0 Å². The van der Waals surface area contributed by atoms with E-state index in [1.54, 1.807) is 0 Å². The van der Waals surface area contributed by atoms with Crippen molar-refractivity contribution in [1.82, 2.24) is 15.0 Å². The molecule has 1 aliphatic carbocycles. The van der Waals surface area contributed by atoms with Gasteiger partial charge in [0.2, 0.25) is 0 Å². The minimum atomic E-state index is 0.794. The van der Waals surface area contributed by atoms with Crippen LogP contribution in [0.15, 0.2) is 24.3 Å². The highest BCUT2D eigenvalue weighted by atomic mass is 15.4. The molecule has 0 atom stereocenters. The molecule has 0 amide bonds. The van der Waals surface area contributed by atoms with Crippen LogP contribution in [0, 0.1) is 0 Å². The van der Waals surface area contributed by atoms with Gasteiger partial charge in [-0.3, -0.25) is 0 Å². The Labute approximate surface area is 100 Å². The van der Waals surface area contributed by atoms with E-state index in [1.165, 1.54) is 29.8 Å². The highest BCUT2D eigenvalue weighted by molar-refractivity contribution is 5.39. The van der Waals surface area contributed by atoms with Crippen LogP contribution >= 0.6 is 0 Å². The third-order valence-corrected chi connectivity index (χ3v) is 3.31. The third kappa shape index (κ3) is 2.02. The average molecular weight is 228 g/mol. The largest absolute Gasteiger partial charge is 0.399 e. The number of anilines is 1. The Bertz CT molecular complexity index is 513. The van der Waals surface area contributed by atoms with Crippen molar-refractivity contribution in [2.75, 3.05) is 5.73 Å². The Kier molecular flexibility index (Phi) is 2.55. The van der Waals surface area contributed by atoms with Crippen molar-refractivity contribution in [3.8, 4) is 0 Å². The summed E-state index contributed by atoms with van der Waals surface area (Å²) in [5.74, 6) is 0. The van der Waals surface area contributed by atoms with Crippen molar-refractivity contribution in [1.29, 1.82) is 0 Å². The highest BCUT2D eigenvalue weighted by Crippen LogP contribution is 2.19. The lowest BCUT2D eigenvalue weighted by molar-refractivity contribution is 0.591. The number of aryl methyl sites for hydroxylation is 1. The van der Waals surface area contributed by atoms with E-state index in [0.717, 1.165) is 25.1 Å². The number of nitrogen functional groups attached to an aromatic ring is 1. The van der Waals surface area contributed by atoms with E-state index in [-0.39, 0.29) is 0 Å². The first-order chi connectivity index (χ1) is 8.33. The monoisotopic (exact) mass is 228 g/mol. The fourth-order valence-electron chi connectivity index (χ4n) is 2.34. The summed E-state index contributed by atoms with van der Waals surface area (Å²) >= 11 is 0. The fourth-order valence-corrected chi connectivity index (χ4v) is 2.34. The molecule has 4 nitrogen and oxygen atoms in total. The minimum Gasteiger partial charge on any atom is -0.399 e. The maximum Gasteiger partial charge on any atom is 0.0859 e. The molecule has 0 bridgehead atoms. The van der Waals surface area contributed by atoms with Crippen LogP contribution in [-0.4, -0.2) is 15.0 Å². The summed E-state index contributed by atoms with van der Waals surface area (Å²) in [5.41, 5.74) is 10.2. The molecular formula is C13H16N4. The maximum atomic E-state index is 5.68. The second-order valence-corrected chi connectivity index (χ2v) is 4.59. The number of nitrogens with zero attached hydrogens (tertiary/aromatic N) is 3. The Morgan fingerprint density at radius 1 is 1.12 bits per heavy atom. The highest BCUT2D eigenvalue weighted by Gasteiger charge is 2.16. The molecule has 0 radical (unpaired) electrons. The molecule has 1 aromatic heterocycles. The standard InChI is InChI=1S/C13H16N4/c14-11-7-5-10(6-8-11)9-17-13-4-2-1-3-12(13)15-16-17/h5-8H,1-4,9,14H2. The van der Waals surface area contributed by atoms with Gasteiger partial charge in [0.25, 0.3) is 0 Å². The molecule has 1 aromatic carbocycles. The minimum absolute atomic E-state index is 0.794. The molecule has 17 heavy (non-hydrogen) atoms. The molecule has 2 N–H and O–H groups in total. The Hall–Kier alpha value is -1.84. The van der Waals surface area contributed by atoms with E-state index < -0.39 is 0 Å². The van der Waals surface area contributed by atoms with Crippen LogP contribution in [-0.2, 0) is 19.4 Å². The average Bonchev–Trinajstić information content (AvgIpc) is 2.76. The molecule has 0 unspecified atom stereocenters. The van der Waals surface area contributed by atoms with E-state index in [0.29, 0.717) is 0 Å². The van der Waals surface area contributed by atoms with E-state index in [2.05, 4.69) is 10.3 Å². The predicted molar refractivity (Wildman–Crippen MR) is 66.6 cm³/mol. The lowest BCUT2D eigenvalue weighted by atomic mass is 10.0. The first-order valence-corrected chi connectivity index (χ1v) is 6.08. The molecule has 1 heterocycles. The number of rotatable bonds is 2. The van der Waals surface area contributed by atoms with E-state index in [1.807, 2.05) is 28.9 Å². The van der Waals surface area contributed by atoms with Crippen molar-refractivity contribution >= 4 is 5.69 Å². The third-order valence-electron chi connectivity index (χ3n) is 3.31. The summed E-state index contributed by atoms with van der Waals surface area (Å²) in [5, 5.41) is 8.51. The van der Waals surface area contributed by atoms with E-state index in [4.69, 9.17) is 5.73 Å². The number of fused-ring (bicyclic) bond motifs is 1. The summed E-state index contributed by atoms with van der Waals surface area (Å²) in [7, 11) is 0. The lowest BCUT2D eigenvalue weighted by Crippen LogP contribution is -2.10. The van der Waals surface area contributed by atoms with Crippen LogP contribution in [0.1, 0.15) is 29.8 Å². The number of hydrogen-bond donors (Lipinski definition) is 1. The molecule has 2 aromatic rings. The number of nitrogens with two attached hydrogens (primary N) is 1. The molecule has 4 heteroatoms. The summed E-state index contributed by atoms with van der Waals surface area (Å²) in [6, 6.07) is 7.95. The summed E-state index contributed by atoms with van der Waals surface area (Å²) < 4.78 is 2.03. The molecule has 1 aliphatic rings. The van der Waals surface area contributed by atoms with Crippen molar-refractivity contribution in [2.45, 2.75) is 32.2 Å². The number of aromatic nitrogens is 3. The normalized spacial score (nSPS) is 14.6. The van der Waals surface area contributed by atoms with Gasteiger partial charge in [-0.25, -0.2) is 4.68 Å². The van der Waals surface area contributed by atoms with Gasteiger partial charge in [0.05, 0.1) is 17.9 Å². The van der Waals surface area contributed by atoms with Gasteiger partial charge in [-0.15, -0.1) is 5.10 Å². The molecular weight excluding hydrogens is 212 g/mol. The Morgan fingerprint density at radius 2 is 1.88 bits per heavy atom. The van der Waals surface area contributed by atoms with Gasteiger partial charge in [0, 0.05) is 5.69 Å². The van der Waals surface area contributed by atoms with Crippen LogP contribution in [0.5, 0.6) is 0 Å². The number of benzene rings is 1. The van der Waals surface area contributed by atoms with Gasteiger partial charge < -0.3 is 5.73 Å². The lowest BCUT2D eigenvalue weighted by Gasteiger charge is -2.12. The Balaban J connectivity index is 1.85. The molecule has 3 rings (SSSR count). The molecule has 0 fully saturated rings. The maximum absolute atomic E-state index is 5.68. The van der Waals surface area contributed by atoms with Gasteiger partial charge in [-0.2, -0.15) is 0 Å². The zero-order chi connectivity index (χ0) is 11.7. The molecule has 0 aliphatic heterocycles. The van der Waals surface area contributed by atoms with Gasteiger partial charge >= 0.3 is 0 Å². The second-order valence-electron chi connectivity index (χ2n) is 4.59. The van der Waals surface area contributed by atoms with Crippen LogP contribution in [0.2, 0.25) is 0 Å². The zero-order valence-electron chi connectivity index (χ0n) is 9.76. The Morgan fingerprint density at radius 3 is 2.71 bits per heavy atom. The number of hydrogen-bond acceptors (Lipinski definition) is 3. The molecule has 88 valence electrons. The summed E-state index contributed by atoms with van der Waals surface area (Å²) in [6.07, 6.45) is 4.68. The molecule has 0 saturated heterocycles. The molecule has 0 spiro atoms. The van der Waals surface area contributed by atoms with Crippen LogP contribution in [0.4, 0.5) is 5.69 Å². The van der Waals surface area contributed by atoms with Crippen molar-refractivity contribution < 1.29 is 0 Å². The van der Waals surface area contributed by atoms with Gasteiger partial charge in [-0.1, -0.05) is 17.3 Å². The van der Waals surface area contributed by atoms with Crippen molar-refractivity contribution in [2.24, 2.45) is 0 Å². The topological polar surface area (TPSA) is 56.7 Å². The predicted octanol–water partition coefficient (Wildman–Crippen LogP) is 1.79. The van der Waals surface area contributed by atoms with Crippen LogP contribution in [0.3, 0.4) is 0 Å². The van der Waals surface area contributed by atoms with Crippen molar-refractivity contribution in [3.05, 3.63) is 41.2 Å². The van der Waals surface area contributed by atoms with Crippen LogP contribution < -0.4 is 5.73 Å². The smallest absolute Gasteiger partial charge is 0.0859 e. The zero-order valence-corrected chi connectivity index (χ0v) is 9.76. The SMILES string of the molecule is Nc1ccc(Cn2nnc3c2CCCC3)cc1. The first kappa shape index (κ1) is 10.3. The first-order valence-electron chi connectivity index (χ1n) is 6.08. The van der Waals surface area contributed by atoms with Gasteiger partial charge in [0.1, 0.15) is 0 Å². The van der Waals surface area contributed by atoms with E-state index >= 15 is 0 Å².